The zero-order valence-corrected chi connectivity index (χ0v) is 19.7. The van der Waals surface area contributed by atoms with Crippen molar-refractivity contribution in [2.24, 2.45) is 7.05 Å². The SMILES string of the molecule is Cc1cc(C)c(F)c(-c2c3ccc([Si](C)(C)C4CCCC4)cc3cc[n+]2C)c1C. The van der Waals surface area contributed by atoms with E-state index in [-0.39, 0.29) is 5.82 Å². The van der Waals surface area contributed by atoms with Gasteiger partial charge in [-0.2, -0.15) is 0 Å². The van der Waals surface area contributed by atoms with Crippen molar-refractivity contribution in [1.82, 2.24) is 0 Å². The molecule has 2 aromatic carbocycles. The molecule has 3 aromatic rings. The van der Waals surface area contributed by atoms with Crippen LogP contribution in [0.4, 0.5) is 4.39 Å². The molecule has 1 heterocycles. The molecule has 0 atom stereocenters. The van der Waals surface area contributed by atoms with Crippen molar-refractivity contribution >= 4 is 24.0 Å². The topological polar surface area (TPSA) is 3.88 Å². The first-order valence-electron chi connectivity index (χ1n) is 10.9. The van der Waals surface area contributed by atoms with Crippen LogP contribution in [-0.4, -0.2) is 8.07 Å². The van der Waals surface area contributed by atoms with Crippen LogP contribution >= 0.6 is 0 Å². The maximum Gasteiger partial charge on any atom is 0.223 e. The van der Waals surface area contributed by atoms with Crippen molar-refractivity contribution in [2.45, 2.75) is 65.1 Å². The molecule has 29 heavy (non-hydrogen) atoms. The highest BCUT2D eigenvalue weighted by Crippen LogP contribution is 2.39. The number of halogens is 1. The maximum atomic E-state index is 15.3. The van der Waals surface area contributed by atoms with Crippen molar-refractivity contribution in [2.75, 3.05) is 0 Å². The molecule has 3 heteroatoms. The summed E-state index contributed by atoms with van der Waals surface area (Å²) >= 11 is 0. The Morgan fingerprint density at radius 2 is 1.66 bits per heavy atom. The van der Waals surface area contributed by atoms with Gasteiger partial charge in [0, 0.05) is 6.07 Å². The van der Waals surface area contributed by atoms with Gasteiger partial charge in [-0.05, 0) is 54.5 Å². The van der Waals surface area contributed by atoms with E-state index >= 15 is 4.39 Å². The third kappa shape index (κ3) is 3.34. The van der Waals surface area contributed by atoms with Gasteiger partial charge in [0.2, 0.25) is 5.69 Å². The second kappa shape index (κ2) is 7.35. The quantitative estimate of drug-likeness (QED) is 0.357. The van der Waals surface area contributed by atoms with Gasteiger partial charge < -0.3 is 0 Å². The molecular formula is C26H33FNSi+. The number of fused-ring (bicyclic) bond motifs is 1. The summed E-state index contributed by atoms with van der Waals surface area (Å²) in [7, 11) is 0.530. The van der Waals surface area contributed by atoms with Crippen LogP contribution in [0.1, 0.15) is 42.4 Å². The summed E-state index contributed by atoms with van der Waals surface area (Å²) in [5.74, 6) is -0.0964. The Balaban J connectivity index is 1.93. The summed E-state index contributed by atoms with van der Waals surface area (Å²) in [4.78, 5) is 0. The molecule has 1 nitrogen and oxygen atoms in total. The molecule has 0 amide bonds. The molecule has 1 fully saturated rings. The first-order chi connectivity index (χ1) is 13.7. The van der Waals surface area contributed by atoms with E-state index in [1.54, 1.807) is 0 Å². The predicted molar refractivity (Wildman–Crippen MR) is 124 cm³/mol. The molecule has 152 valence electrons. The minimum Gasteiger partial charge on any atom is -0.206 e. The third-order valence-corrected chi connectivity index (χ3v) is 11.9. The van der Waals surface area contributed by atoms with Gasteiger partial charge in [0.05, 0.1) is 19.0 Å². The van der Waals surface area contributed by atoms with E-state index in [4.69, 9.17) is 0 Å². The van der Waals surface area contributed by atoms with Gasteiger partial charge in [0.1, 0.15) is 12.9 Å². The second-order valence-corrected chi connectivity index (χ2v) is 14.4. The van der Waals surface area contributed by atoms with E-state index in [0.29, 0.717) is 5.56 Å². The van der Waals surface area contributed by atoms with E-state index < -0.39 is 8.07 Å². The van der Waals surface area contributed by atoms with Crippen LogP contribution in [0.2, 0.25) is 18.6 Å². The molecule has 1 saturated carbocycles. The minimum atomic E-state index is -1.49. The van der Waals surface area contributed by atoms with Gasteiger partial charge in [0.25, 0.3) is 0 Å². The molecule has 0 bridgehead atoms. The highest BCUT2D eigenvalue weighted by molar-refractivity contribution is 6.91. The highest BCUT2D eigenvalue weighted by Gasteiger charge is 2.35. The van der Waals surface area contributed by atoms with Crippen molar-refractivity contribution in [3.05, 3.63) is 59.0 Å². The normalized spacial score (nSPS) is 15.4. The summed E-state index contributed by atoms with van der Waals surface area (Å²) in [5.41, 5.74) is 5.50. The van der Waals surface area contributed by atoms with Crippen LogP contribution in [0.25, 0.3) is 22.0 Å². The van der Waals surface area contributed by atoms with Crippen molar-refractivity contribution < 1.29 is 8.96 Å². The highest BCUT2D eigenvalue weighted by atomic mass is 28.3. The lowest BCUT2D eigenvalue weighted by Crippen LogP contribution is -2.45. The first kappa shape index (κ1) is 20.3. The number of hydrogen-bond acceptors (Lipinski definition) is 0. The number of rotatable bonds is 3. The van der Waals surface area contributed by atoms with Gasteiger partial charge in [-0.1, -0.05) is 62.2 Å². The molecule has 0 spiro atoms. The molecule has 0 radical (unpaired) electrons. The number of aromatic nitrogens is 1. The number of nitrogens with zero attached hydrogens (tertiary/aromatic N) is 1. The van der Waals surface area contributed by atoms with Crippen LogP contribution in [0, 0.1) is 26.6 Å². The standard InChI is InChI=1S/C26H33FNSi/c1-17-15-18(2)25(27)24(19(17)3)26-23-12-11-22(16-20(23)13-14-28(26)4)29(5,6)21-9-7-8-10-21/h11-16,21H,7-10H2,1-6H3/q+1. The zero-order valence-electron chi connectivity index (χ0n) is 18.7. The fraction of sp³-hybridized carbons (Fsp3) is 0.423. The summed E-state index contributed by atoms with van der Waals surface area (Å²) in [5, 5.41) is 3.91. The Kier molecular flexibility index (Phi) is 5.14. The molecule has 0 saturated heterocycles. The Morgan fingerprint density at radius 1 is 0.966 bits per heavy atom. The summed E-state index contributed by atoms with van der Waals surface area (Å²) < 4.78 is 17.4. The lowest BCUT2D eigenvalue weighted by atomic mass is 9.94. The lowest BCUT2D eigenvalue weighted by molar-refractivity contribution is -0.659. The average molecular weight is 407 g/mol. The molecule has 1 aliphatic rings. The van der Waals surface area contributed by atoms with E-state index in [2.05, 4.69) is 55.0 Å². The molecule has 1 aliphatic carbocycles. The molecule has 0 N–H and O–H groups in total. The minimum absolute atomic E-state index is 0.0964. The number of hydrogen-bond donors (Lipinski definition) is 0. The monoisotopic (exact) mass is 406 g/mol. The largest absolute Gasteiger partial charge is 0.223 e. The summed E-state index contributed by atoms with van der Waals surface area (Å²) in [6, 6.07) is 11.1. The molecule has 4 rings (SSSR count). The summed E-state index contributed by atoms with van der Waals surface area (Å²) in [6.45, 7) is 11.0. The van der Waals surface area contributed by atoms with Crippen LogP contribution < -0.4 is 9.75 Å². The third-order valence-electron chi connectivity index (χ3n) is 7.46. The van der Waals surface area contributed by atoms with Crippen molar-refractivity contribution in [3.8, 4) is 11.3 Å². The summed E-state index contributed by atoms with van der Waals surface area (Å²) in [6.07, 6.45) is 7.64. The number of pyridine rings is 1. The Labute approximate surface area is 175 Å². The average Bonchev–Trinajstić information content (AvgIpc) is 3.23. The number of aryl methyl sites for hydroxylation is 3. The van der Waals surface area contributed by atoms with Gasteiger partial charge in [-0.15, -0.1) is 0 Å². The van der Waals surface area contributed by atoms with Gasteiger partial charge in [-0.25, -0.2) is 8.96 Å². The van der Waals surface area contributed by atoms with Gasteiger partial charge in [-0.3, -0.25) is 0 Å². The van der Waals surface area contributed by atoms with Crippen LogP contribution in [0.3, 0.4) is 0 Å². The number of benzene rings is 2. The van der Waals surface area contributed by atoms with Crippen LogP contribution in [0.5, 0.6) is 0 Å². The lowest BCUT2D eigenvalue weighted by Gasteiger charge is -2.30. The Bertz CT molecular complexity index is 1070. The van der Waals surface area contributed by atoms with E-state index in [1.807, 2.05) is 27.0 Å². The second-order valence-electron chi connectivity index (χ2n) is 9.60. The van der Waals surface area contributed by atoms with Gasteiger partial charge in [0.15, 0.2) is 6.20 Å². The van der Waals surface area contributed by atoms with E-state index in [0.717, 1.165) is 33.3 Å². The van der Waals surface area contributed by atoms with E-state index in [1.165, 1.54) is 36.3 Å². The van der Waals surface area contributed by atoms with Gasteiger partial charge >= 0.3 is 0 Å². The predicted octanol–water partition coefficient (Wildman–Crippen LogP) is 6.26. The Morgan fingerprint density at radius 3 is 2.34 bits per heavy atom. The van der Waals surface area contributed by atoms with Crippen LogP contribution in [0.15, 0.2) is 36.5 Å². The molecular weight excluding hydrogens is 373 g/mol. The van der Waals surface area contributed by atoms with E-state index in [9.17, 15) is 0 Å². The Hall–Kier alpha value is -2.00. The van der Waals surface area contributed by atoms with Crippen LogP contribution in [-0.2, 0) is 7.05 Å². The zero-order chi connectivity index (χ0) is 20.9. The fourth-order valence-corrected chi connectivity index (χ4v) is 8.67. The maximum absolute atomic E-state index is 15.3. The fourth-order valence-electron chi connectivity index (χ4n) is 5.30. The first-order valence-corrected chi connectivity index (χ1v) is 14.0. The smallest absolute Gasteiger partial charge is 0.206 e. The molecule has 1 aromatic heterocycles. The molecule has 0 unspecified atom stereocenters. The van der Waals surface area contributed by atoms with Crippen molar-refractivity contribution in [1.29, 1.82) is 0 Å². The molecule has 0 aliphatic heterocycles. The van der Waals surface area contributed by atoms with Crippen molar-refractivity contribution in [3.63, 3.8) is 0 Å².